The number of aldehydes is 1. The first-order valence-electron chi connectivity index (χ1n) is 4.55. The summed E-state index contributed by atoms with van der Waals surface area (Å²) >= 11 is 0. The molecule has 1 nitrogen and oxygen atoms in total. The van der Waals surface area contributed by atoms with Gasteiger partial charge in [0, 0.05) is 6.42 Å². The van der Waals surface area contributed by atoms with Crippen LogP contribution in [0.15, 0.2) is 18.2 Å². The monoisotopic (exact) mass is 216 g/mol. The normalized spacial score (nSPS) is 11.5. The van der Waals surface area contributed by atoms with Crippen molar-refractivity contribution in [3.63, 3.8) is 0 Å². The Morgan fingerprint density at radius 1 is 1.33 bits per heavy atom. The number of carbonyl (C=O) groups excluding carboxylic acids is 1. The first kappa shape index (κ1) is 11.8. The Morgan fingerprint density at radius 2 is 2.00 bits per heavy atom. The average Bonchev–Trinajstić information content (AvgIpc) is 2.15. The molecule has 4 heteroatoms. The lowest BCUT2D eigenvalue weighted by Gasteiger charge is -2.11. The molecule has 0 bridgehead atoms. The Kier molecular flexibility index (Phi) is 3.50. The van der Waals surface area contributed by atoms with Crippen LogP contribution in [0.5, 0.6) is 0 Å². The molecule has 0 saturated heterocycles. The SMILES string of the molecule is Cc1ccc(CCC=O)cc1C(F)(F)F. The van der Waals surface area contributed by atoms with E-state index in [1.807, 2.05) is 0 Å². The van der Waals surface area contributed by atoms with Crippen LogP contribution in [0.3, 0.4) is 0 Å². The van der Waals surface area contributed by atoms with Gasteiger partial charge >= 0.3 is 6.18 Å². The van der Waals surface area contributed by atoms with Crippen LogP contribution in [0.4, 0.5) is 13.2 Å². The molecular weight excluding hydrogens is 205 g/mol. The quantitative estimate of drug-likeness (QED) is 0.709. The molecule has 0 radical (unpaired) electrons. The molecule has 1 rings (SSSR count). The largest absolute Gasteiger partial charge is 0.416 e. The smallest absolute Gasteiger partial charge is 0.303 e. The first-order valence-corrected chi connectivity index (χ1v) is 4.55. The van der Waals surface area contributed by atoms with Gasteiger partial charge in [-0.05, 0) is 30.5 Å². The molecule has 82 valence electrons. The second-order valence-electron chi connectivity index (χ2n) is 3.35. The van der Waals surface area contributed by atoms with Crippen molar-refractivity contribution in [2.24, 2.45) is 0 Å². The Hall–Kier alpha value is -1.32. The number of carbonyl (C=O) groups is 1. The molecule has 0 aliphatic heterocycles. The van der Waals surface area contributed by atoms with Crippen LogP contribution < -0.4 is 0 Å². The molecule has 0 aliphatic rings. The molecule has 1 aromatic carbocycles. The number of rotatable bonds is 3. The molecule has 0 N–H and O–H groups in total. The van der Waals surface area contributed by atoms with E-state index in [4.69, 9.17) is 0 Å². The predicted molar refractivity (Wildman–Crippen MR) is 50.6 cm³/mol. The van der Waals surface area contributed by atoms with Crippen LogP contribution in [0.1, 0.15) is 23.1 Å². The lowest BCUT2D eigenvalue weighted by Crippen LogP contribution is -2.08. The lowest BCUT2D eigenvalue weighted by molar-refractivity contribution is -0.138. The van der Waals surface area contributed by atoms with Crippen LogP contribution in [0.2, 0.25) is 0 Å². The molecule has 0 aliphatic carbocycles. The van der Waals surface area contributed by atoms with Gasteiger partial charge in [0.25, 0.3) is 0 Å². The molecule has 1 aromatic rings. The summed E-state index contributed by atoms with van der Waals surface area (Å²) < 4.78 is 37.4. The van der Waals surface area contributed by atoms with Gasteiger partial charge in [0.2, 0.25) is 0 Å². The van der Waals surface area contributed by atoms with Crippen LogP contribution >= 0.6 is 0 Å². The molecule has 0 fully saturated rings. The number of halogens is 3. The molecule has 15 heavy (non-hydrogen) atoms. The first-order chi connectivity index (χ1) is 6.95. The summed E-state index contributed by atoms with van der Waals surface area (Å²) in [6.45, 7) is 1.42. The highest BCUT2D eigenvalue weighted by atomic mass is 19.4. The molecule has 0 saturated carbocycles. The molecule has 0 atom stereocenters. The van der Waals surface area contributed by atoms with Crippen LogP contribution in [0, 0.1) is 6.92 Å². The van der Waals surface area contributed by atoms with E-state index in [0.29, 0.717) is 18.3 Å². The Bertz CT molecular complexity index is 355. The third-order valence-electron chi connectivity index (χ3n) is 2.16. The van der Waals surface area contributed by atoms with Gasteiger partial charge in [-0.25, -0.2) is 0 Å². The maximum absolute atomic E-state index is 12.5. The van der Waals surface area contributed by atoms with Crippen molar-refractivity contribution in [2.75, 3.05) is 0 Å². The van der Waals surface area contributed by atoms with Gasteiger partial charge in [-0.2, -0.15) is 13.2 Å². The summed E-state index contributed by atoms with van der Waals surface area (Å²) in [6, 6.07) is 4.16. The van der Waals surface area contributed by atoms with E-state index < -0.39 is 11.7 Å². The van der Waals surface area contributed by atoms with E-state index in [2.05, 4.69) is 0 Å². The van der Waals surface area contributed by atoms with Gasteiger partial charge in [0.05, 0.1) is 5.56 Å². The summed E-state index contributed by atoms with van der Waals surface area (Å²) in [5.74, 6) is 0. The van der Waals surface area contributed by atoms with Crippen molar-refractivity contribution < 1.29 is 18.0 Å². The summed E-state index contributed by atoms with van der Waals surface area (Å²) in [7, 11) is 0. The predicted octanol–water partition coefficient (Wildman–Crippen LogP) is 3.15. The zero-order valence-electron chi connectivity index (χ0n) is 8.27. The standard InChI is InChI=1S/C11H11F3O/c1-8-4-5-9(3-2-6-15)7-10(8)11(12,13)14/h4-7H,2-3H2,1H3. The number of aryl methyl sites for hydroxylation is 2. The molecule has 0 spiro atoms. The van der Waals surface area contributed by atoms with E-state index >= 15 is 0 Å². The van der Waals surface area contributed by atoms with Crippen molar-refractivity contribution in [1.82, 2.24) is 0 Å². The van der Waals surface area contributed by atoms with Crippen molar-refractivity contribution >= 4 is 6.29 Å². The Morgan fingerprint density at radius 3 is 2.53 bits per heavy atom. The van der Waals surface area contributed by atoms with Crippen LogP contribution in [-0.4, -0.2) is 6.29 Å². The third-order valence-corrected chi connectivity index (χ3v) is 2.16. The highest BCUT2D eigenvalue weighted by Gasteiger charge is 2.32. The van der Waals surface area contributed by atoms with E-state index in [0.717, 1.165) is 6.07 Å². The molecule has 0 heterocycles. The van der Waals surface area contributed by atoms with Crippen molar-refractivity contribution in [3.05, 3.63) is 34.9 Å². The fourth-order valence-corrected chi connectivity index (χ4v) is 1.36. The van der Waals surface area contributed by atoms with Gasteiger partial charge in [-0.3, -0.25) is 0 Å². The van der Waals surface area contributed by atoms with Gasteiger partial charge in [0.15, 0.2) is 0 Å². The van der Waals surface area contributed by atoms with E-state index in [-0.39, 0.29) is 12.0 Å². The van der Waals surface area contributed by atoms with Crippen molar-refractivity contribution in [3.8, 4) is 0 Å². The van der Waals surface area contributed by atoms with E-state index in [1.165, 1.54) is 13.0 Å². The number of hydrogen-bond acceptors (Lipinski definition) is 1. The minimum absolute atomic E-state index is 0.206. The maximum Gasteiger partial charge on any atom is 0.416 e. The Balaban J connectivity index is 3.00. The van der Waals surface area contributed by atoms with Crippen LogP contribution in [0.25, 0.3) is 0 Å². The molecule has 0 amide bonds. The summed E-state index contributed by atoms with van der Waals surface area (Å²) in [4.78, 5) is 10.1. The van der Waals surface area contributed by atoms with Gasteiger partial charge in [-0.1, -0.05) is 12.1 Å². The van der Waals surface area contributed by atoms with Crippen LogP contribution in [-0.2, 0) is 17.4 Å². The zero-order valence-corrected chi connectivity index (χ0v) is 8.27. The van der Waals surface area contributed by atoms with Gasteiger partial charge in [-0.15, -0.1) is 0 Å². The van der Waals surface area contributed by atoms with Gasteiger partial charge < -0.3 is 4.79 Å². The zero-order chi connectivity index (χ0) is 11.5. The highest BCUT2D eigenvalue weighted by molar-refractivity contribution is 5.50. The molecule has 0 aromatic heterocycles. The minimum Gasteiger partial charge on any atom is -0.303 e. The second-order valence-corrected chi connectivity index (χ2v) is 3.35. The second kappa shape index (κ2) is 4.47. The van der Waals surface area contributed by atoms with Crippen molar-refractivity contribution in [2.45, 2.75) is 25.9 Å². The third kappa shape index (κ3) is 3.08. The number of hydrogen-bond donors (Lipinski definition) is 0. The maximum atomic E-state index is 12.5. The van der Waals surface area contributed by atoms with E-state index in [9.17, 15) is 18.0 Å². The molecular formula is C11H11F3O. The number of alkyl halides is 3. The van der Waals surface area contributed by atoms with Crippen molar-refractivity contribution in [1.29, 1.82) is 0 Å². The Labute approximate surface area is 85.9 Å². The summed E-state index contributed by atoms with van der Waals surface area (Å²) in [5, 5.41) is 0. The minimum atomic E-state index is -4.32. The van der Waals surface area contributed by atoms with Gasteiger partial charge in [0.1, 0.15) is 6.29 Å². The molecule has 0 unspecified atom stereocenters. The summed E-state index contributed by atoms with van der Waals surface area (Å²) in [5.41, 5.74) is 0.128. The lowest BCUT2D eigenvalue weighted by atomic mass is 10.0. The average molecular weight is 216 g/mol. The highest BCUT2D eigenvalue weighted by Crippen LogP contribution is 2.32. The fraction of sp³-hybridized carbons (Fsp3) is 0.364. The topological polar surface area (TPSA) is 17.1 Å². The van der Waals surface area contributed by atoms with E-state index in [1.54, 1.807) is 6.07 Å². The number of benzene rings is 1. The summed E-state index contributed by atoms with van der Waals surface area (Å²) in [6.07, 6.45) is -3.01. The fourth-order valence-electron chi connectivity index (χ4n) is 1.36.